The van der Waals surface area contributed by atoms with E-state index in [-0.39, 0.29) is 5.95 Å². The van der Waals surface area contributed by atoms with Gasteiger partial charge in [-0.1, -0.05) is 11.6 Å². The molecule has 0 atom stereocenters. The highest BCUT2D eigenvalue weighted by atomic mass is 35.5. The summed E-state index contributed by atoms with van der Waals surface area (Å²) in [4.78, 5) is 0. The summed E-state index contributed by atoms with van der Waals surface area (Å²) in [5, 5.41) is 6.99. The zero-order valence-corrected chi connectivity index (χ0v) is 9.97. The Morgan fingerprint density at radius 2 is 2.31 bits per heavy atom. The molecule has 3 N–H and O–H groups in total. The van der Waals surface area contributed by atoms with Gasteiger partial charge in [0.05, 0.1) is 12.8 Å². The molecule has 7 heteroatoms. The van der Waals surface area contributed by atoms with E-state index in [1.165, 1.54) is 0 Å². The van der Waals surface area contributed by atoms with E-state index in [2.05, 4.69) is 10.2 Å². The summed E-state index contributed by atoms with van der Waals surface area (Å²) in [6, 6.07) is 5.18. The van der Waals surface area contributed by atoms with E-state index in [4.69, 9.17) is 34.3 Å². The number of halogens is 1. The van der Waals surface area contributed by atoms with E-state index in [1.807, 2.05) is 0 Å². The van der Waals surface area contributed by atoms with Crippen LogP contribution in [0.5, 0.6) is 5.75 Å². The van der Waals surface area contributed by atoms with Gasteiger partial charge in [-0.2, -0.15) is 0 Å². The number of anilines is 1. The second-order valence-electron chi connectivity index (χ2n) is 3.04. The zero-order valence-electron chi connectivity index (χ0n) is 8.40. The number of H-pyrrole nitrogens is 1. The first kappa shape index (κ1) is 11.0. The minimum atomic E-state index is 0.255. The number of benzene rings is 1. The van der Waals surface area contributed by atoms with E-state index in [0.717, 1.165) is 0 Å². The summed E-state index contributed by atoms with van der Waals surface area (Å²) in [7, 11) is 1.56. The summed E-state index contributed by atoms with van der Waals surface area (Å²) in [6.07, 6.45) is 0. The third-order valence-electron chi connectivity index (χ3n) is 2.08. The van der Waals surface area contributed by atoms with Gasteiger partial charge in [-0.3, -0.25) is 4.57 Å². The van der Waals surface area contributed by atoms with Gasteiger partial charge in [-0.05, 0) is 30.4 Å². The van der Waals surface area contributed by atoms with Crippen molar-refractivity contribution in [2.75, 3.05) is 12.8 Å². The Bertz CT molecular complexity index is 577. The van der Waals surface area contributed by atoms with Gasteiger partial charge in [0.1, 0.15) is 5.75 Å². The van der Waals surface area contributed by atoms with Crippen molar-refractivity contribution in [3.05, 3.63) is 28.0 Å². The molecule has 0 radical (unpaired) electrons. The predicted molar refractivity (Wildman–Crippen MR) is 64.7 cm³/mol. The number of rotatable bonds is 2. The molecule has 0 amide bonds. The van der Waals surface area contributed by atoms with Gasteiger partial charge < -0.3 is 10.5 Å². The SMILES string of the molecule is COc1ccc(Cl)cc1-n1c(N)n[nH]c1=S. The van der Waals surface area contributed by atoms with E-state index in [0.29, 0.717) is 21.2 Å². The largest absolute Gasteiger partial charge is 0.495 e. The molecule has 2 rings (SSSR count). The van der Waals surface area contributed by atoms with Crippen LogP contribution in [-0.4, -0.2) is 21.9 Å². The van der Waals surface area contributed by atoms with Crippen molar-refractivity contribution in [3.8, 4) is 11.4 Å². The molecule has 0 fully saturated rings. The Morgan fingerprint density at radius 3 is 2.88 bits per heavy atom. The lowest BCUT2D eigenvalue weighted by Crippen LogP contribution is -2.03. The topological polar surface area (TPSA) is 68.9 Å². The van der Waals surface area contributed by atoms with Gasteiger partial charge in [0.25, 0.3) is 0 Å². The summed E-state index contributed by atoms with van der Waals surface area (Å²) in [5.41, 5.74) is 6.36. The molecule has 0 aliphatic heterocycles. The fourth-order valence-corrected chi connectivity index (χ4v) is 1.78. The van der Waals surface area contributed by atoms with Gasteiger partial charge in [-0.25, -0.2) is 5.10 Å². The molecule has 0 bridgehead atoms. The van der Waals surface area contributed by atoms with Crippen LogP contribution in [0.25, 0.3) is 5.69 Å². The number of ether oxygens (including phenoxy) is 1. The highest BCUT2D eigenvalue weighted by molar-refractivity contribution is 7.71. The highest BCUT2D eigenvalue weighted by Gasteiger charge is 2.10. The maximum atomic E-state index is 5.92. The van der Waals surface area contributed by atoms with Gasteiger partial charge in [0, 0.05) is 5.02 Å². The van der Waals surface area contributed by atoms with Crippen molar-refractivity contribution in [2.45, 2.75) is 0 Å². The number of hydrogen-bond acceptors (Lipinski definition) is 4. The third kappa shape index (κ3) is 1.77. The molecule has 2 aromatic rings. The molecule has 0 unspecified atom stereocenters. The summed E-state index contributed by atoms with van der Waals surface area (Å²) < 4.78 is 7.15. The minimum Gasteiger partial charge on any atom is -0.495 e. The Morgan fingerprint density at radius 1 is 1.56 bits per heavy atom. The smallest absolute Gasteiger partial charge is 0.225 e. The monoisotopic (exact) mass is 256 g/mol. The van der Waals surface area contributed by atoms with Crippen molar-refractivity contribution >= 4 is 29.8 Å². The maximum Gasteiger partial charge on any atom is 0.225 e. The van der Waals surface area contributed by atoms with E-state index in [9.17, 15) is 0 Å². The lowest BCUT2D eigenvalue weighted by atomic mass is 10.3. The quantitative estimate of drug-likeness (QED) is 0.808. The van der Waals surface area contributed by atoms with Crippen LogP contribution < -0.4 is 10.5 Å². The second-order valence-corrected chi connectivity index (χ2v) is 3.86. The Hall–Kier alpha value is -1.53. The lowest BCUT2D eigenvalue weighted by molar-refractivity contribution is 0.413. The summed E-state index contributed by atoms with van der Waals surface area (Å²) in [5.74, 6) is 0.874. The Balaban J connectivity index is 2.72. The zero-order chi connectivity index (χ0) is 11.7. The minimum absolute atomic E-state index is 0.255. The van der Waals surface area contributed by atoms with Crippen LogP contribution in [0.2, 0.25) is 5.02 Å². The average molecular weight is 257 g/mol. The number of nitrogen functional groups attached to an aromatic ring is 1. The fraction of sp³-hybridized carbons (Fsp3) is 0.111. The molecule has 1 aromatic heterocycles. The molecule has 0 aliphatic rings. The molecule has 0 spiro atoms. The van der Waals surface area contributed by atoms with Crippen LogP contribution in [0.1, 0.15) is 0 Å². The average Bonchev–Trinajstić information content (AvgIpc) is 2.58. The number of nitrogens with one attached hydrogen (secondary N) is 1. The van der Waals surface area contributed by atoms with Crippen LogP contribution in [0.3, 0.4) is 0 Å². The fourth-order valence-electron chi connectivity index (χ4n) is 1.38. The van der Waals surface area contributed by atoms with Crippen molar-refractivity contribution in [2.24, 2.45) is 0 Å². The molecule has 1 aromatic carbocycles. The Labute approximate surface area is 102 Å². The molecular weight excluding hydrogens is 248 g/mol. The second kappa shape index (κ2) is 4.15. The van der Waals surface area contributed by atoms with Crippen LogP contribution in [0, 0.1) is 4.77 Å². The van der Waals surface area contributed by atoms with Crippen LogP contribution >= 0.6 is 23.8 Å². The summed E-state index contributed by atoms with van der Waals surface area (Å²) in [6.45, 7) is 0. The molecule has 16 heavy (non-hydrogen) atoms. The van der Waals surface area contributed by atoms with Gasteiger partial charge in [0.2, 0.25) is 10.7 Å². The molecule has 0 aliphatic carbocycles. The highest BCUT2D eigenvalue weighted by Crippen LogP contribution is 2.27. The number of aromatic nitrogens is 3. The molecule has 5 nitrogen and oxygen atoms in total. The first-order valence-electron chi connectivity index (χ1n) is 4.40. The van der Waals surface area contributed by atoms with E-state index in [1.54, 1.807) is 29.9 Å². The van der Waals surface area contributed by atoms with Gasteiger partial charge >= 0.3 is 0 Å². The molecular formula is C9H9ClN4OS. The number of nitrogens with two attached hydrogens (primary N) is 1. The number of methoxy groups -OCH3 is 1. The number of nitrogens with zero attached hydrogens (tertiary/aromatic N) is 2. The summed E-state index contributed by atoms with van der Waals surface area (Å²) >= 11 is 11.0. The molecule has 0 saturated heterocycles. The normalized spacial score (nSPS) is 10.4. The third-order valence-corrected chi connectivity index (χ3v) is 2.59. The van der Waals surface area contributed by atoms with Crippen molar-refractivity contribution in [1.82, 2.24) is 14.8 Å². The number of aromatic amines is 1. The lowest BCUT2D eigenvalue weighted by Gasteiger charge is -2.09. The maximum absolute atomic E-state index is 5.92. The van der Waals surface area contributed by atoms with Crippen LogP contribution in [0.15, 0.2) is 18.2 Å². The standard InChI is InChI=1S/C9H9ClN4OS/c1-15-7-3-2-5(10)4-6(7)14-8(11)12-13-9(14)16/h2-4H,1H3,(H2,11,12)(H,13,16). The van der Waals surface area contributed by atoms with E-state index < -0.39 is 0 Å². The van der Waals surface area contributed by atoms with Crippen LogP contribution in [-0.2, 0) is 0 Å². The van der Waals surface area contributed by atoms with Gasteiger partial charge in [-0.15, -0.1) is 5.10 Å². The molecule has 0 saturated carbocycles. The Kier molecular flexibility index (Phi) is 2.84. The van der Waals surface area contributed by atoms with E-state index >= 15 is 0 Å². The van der Waals surface area contributed by atoms with Crippen molar-refractivity contribution < 1.29 is 4.74 Å². The van der Waals surface area contributed by atoms with Crippen molar-refractivity contribution in [1.29, 1.82) is 0 Å². The predicted octanol–water partition coefficient (Wildman–Crippen LogP) is 2.17. The molecule has 1 heterocycles. The first-order valence-corrected chi connectivity index (χ1v) is 5.19. The van der Waals surface area contributed by atoms with Crippen LogP contribution in [0.4, 0.5) is 5.95 Å². The van der Waals surface area contributed by atoms with Crippen molar-refractivity contribution in [3.63, 3.8) is 0 Å². The number of hydrogen-bond donors (Lipinski definition) is 2. The first-order chi connectivity index (χ1) is 7.63. The van der Waals surface area contributed by atoms with Gasteiger partial charge in [0.15, 0.2) is 0 Å². The molecule has 84 valence electrons.